The van der Waals surface area contributed by atoms with Crippen LogP contribution in [0.4, 0.5) is 5.00 Å². The number of halogens is 2. The van der Waals surface area contributed by atoms with Gasteiger partial charge < -0.3 is 15.2 Å². The van der Waals surface area contributed by atoms with E-state index in [0.717, 1.165) is 11.3 Å². The van der Waals surface area contributed by atoms with Crippen LogP contribution < -0.4 is 5.73 Å². The summed E-state index contributed by atoms with van der Waals surface area (Å²) in [5.74, 6) is -0.922. The van der Waals surface area contributed by atoms with Crippen LogP contribution in [0.1, 0.15) is 25.6 Å². The fraction of sp³-hybridized carbons (Fsp3) is 0.200. The number of hydrogen-bond acceptors (Lipinski definition) is 7. The summed E-state index contributed by atoms with van der Waals surface area (Å²) < 4.78 is 9.52. The molecular formula is C15H13Cl2NO4S2. The Hall–Kier alpha value is -1.41. The smallest absolute Gasteiger partial charge is 0.348 e. The van der Waals surface area contributed by atoms with Gasteiger partial charge in [-0.1, -0.05) is 29.3 Å². The third-order valence-corrected chi connectivity index (χ3v) is 6.13. The number of nitrogens with two attached hydrogens (primary N) is 1. The van der Waals surface area contributed by atoms with Gasteiger partial charge >= 0.3 is 11.9 Å². The average Bonchev–Trinajstić information content (AvgIpc) is 2.89. The van der Waals surface area contributed by atoms with Crippen molar-refractivity contribution in [3.63, 3.8) is 0 Å². The molecule has 0 atom stereocenters. The molecule has 5 nitrogen and oxygen atoms in total. The number of benzene rings is 1. The second-order valence-electron chi connectivity index (χ2n) is 4.47. The Morgan fingerprint density at radius 2 is 1.75 bits per heavy atom. The number of carbonyl (C=O) groups excluding carboxylic acids is 2. The van der Waals surface area contributed by atoms with Crippen LogP contribution in [0.15, 0.2) is 23.1 Å². The molecule has 2 N–H and O–H groups in total. The second-order valence-corrected chi connectivity index (χ2v) is 7.32. The highest BCUT2D eigenvalue weighted by Gasteiger charge is 2.27. The number of thiophene rings is 1. The highest BCUT2D eigenvalue weighted by molar-refractivity contribution is 7.98. The van der Waals surface area contributed by atoms with Crippen LogP contribution in [0.3, 0.4) is 0 Å². The Balaban J connectivity index is 2.44. The van der Waals surface area contributed by atoms with E-state index < -0.39 is 11.9 Å². The SMILES string of the molecule is COC(=O)c1sc(N)c(C(=O)OC)c1CSc1c(Cl)cccc1Cl. The Kier molecular flexibility index (Phi) is 6.40. The summed E-state index contributed by atoms with van der Waals surface area (Å²) in [5.41, 5.74) is 6.50. The van der Waals surface area contributed by atoms with Crippen LogP contribution in [-0.2, 0) is 15.2 Å². The largest absolute Gasteiger partial charge is 0.465 e. The van der Waals surface area contributed by atoms with Gasteiger partial charge in [-0.3, -0.25) is 0 Å². The number of carbonyl (C=O) groups is 2. The lowest BCUT2D eigenvalue weighted by atomic mass is 10.1. The van der Waals surface area contributed by atoms with E-state index in [9.17, 15) is 9.59 Å². The monoisotopic (exact) mass is 405 g/mol. The molecule has 128 valence electrons. The van der Waals surface area contributed by atoms with Crippen molar-refractivity contribution < 1.29 is 19.1 Å². The third-order valence-electron chi connectivity index (χ3n) is 3.07. The molecule has 0 unspecified atom stereocenters. The number of nitrogen functional groups attached to an aromatic ring is 1. The zero-order valence-corrected chi connectivity index (χ0v) is 15.9. The van der Waals surface area contributed by atoms with Gasteiger partial charge in [0.2, 0.25) is 0 Å². The first kappa shape index (κ1) is 18.9. The number of methoxy groups -OCH3 is 2. The van der Waals surface area contributed by atoms with E-state index in [4.69, 9.17) is 38.4 Å². The molecule has 0 amide bonds. The zero-order chi connectivity index (χ0) is 17.9. The van der Waals surface area contributed by atoms with Crippen molar-refractivity contribution in [2.24, 2.45) is 0 Å². The van der Waals surface area contributed by atoms with Gasteiger partial charge in [0.1, 0.15) is 9.88 Å². The molecule has 0 spiro atoms. The van der Waals surface area contributed by atoms with Crippen molar-refractivity contribution >= 4 is 63.2 Å². The quantitative estimate of drug-likeness (QED) is 0.582. The Morgan fingerprint density at radius 3 is 2.29 bits per heavy atom. The summed E-state index contributed by atoms with van der Waals surface area (Å²) >= 11 is 14.6. The summed E-state index contributed by atoms with van der Waals surface area (Å²) in [5, 5.41) is 1.16. The van der Waals surface area contributed by atoms with Crippen LogP contribution >= 0.6 is 46.3 Å². The fourth-order valence-electron chi connectivity index (χ4n) is 1.97. The van der Waals surface area contributed by atoms with Gasteiger partial charge in [-0.05, 0) is 12.1 Å². The molecule has 1 heterocycles. The van der Waals surface area contributed by atoms with E-state index in [1.54, 1.807) is 18.2 Å². The summed E-state index contributed by atoms with van der Waals surface area (Å²) in [6.45, 7) is 0. The predicted octanol–water partition coefficient (Wildman–Crippen LogP) is 4.50. The maximum atomic E-state index is 12.0. The molecule has 24 heavy (non-hydrogen) atoms. The molecule has 0 bridgehead atoms. The van der Waals surface area contributed by atoms with E-state index >= 15 is 0 Å². The van der Waals surface area contributed by atoms with Crippen LogP contribution in [-0.4, -0.2) is 26.2 Å². The van der Waals surface area contributed by atoms with Crippen molar-refractivity contribution in [3.05, 3.63) is 44.2 Å². The minimum absolute atomic E-state index is 0.165. The normalized spacial score (nSPS) is 10.5. The predicted molar refractivity (Wildman–Crippen MR) is 97.4 cm³/mol. The first-order valence-electron chi connectivity index (χ1n) is 6.55. The first-order valence-corrected chi connectivity index (χ1v) is 9.11. The maximum Gasteiger partial charge on any atom is 0.348 e. The fourth-order valence-corrected chi connectivity index (χ4v) is 4.77. The number of thioether (sulfide) groups is 1. The number of esters is 2. The van der Waals surface area contributed by atoms with E-state index in [1.165, 1.54) is 26.0 Å². The minimum atomic E-state index is -0.611. The molecule has 9 heteroatoms. The van der Waals surface area contributed by atoms with Crippen molar-refractivity contribution in [2.75, 3.05) is 20.0 Å². The van der Waals surface area contributed by atoms with Crippen molar-refractivity contribution in [2.45, 2.75) is 10.6 Å². The highest BCUT2D eigenvalue weighted by Crippen LogP contribution is 2.40. The van der Waals surface area contributed by atoms with Crippen LogP contribution in [0.5, 0.6) is 0 Å². The van der Waals surface area contributed by atoms with Gasteiger partial charge in [-0.2, -0.15) is 0 Å². The van der Waals surface area contributed by atoms with E-state index in [0.29, 0.717) is 20.5 Å². The molecule has 0 radical (unpaired) electrons. The van der Waals surface area contributed by atoms with Gasteiger partial charge in [-0.15, -0.1) is 23.1 Å². The van der Waals surface area contributed by atoms with Crippen molar-refractivity contribution in [1.82, 2.24) is 0 Å². The van der Waals surface area contributed by atoms with Crippen molar-refractivity contribution in [1.29, 1.82) is 0 Å². The first-order chi connectivity index (χ1) is 11.4. The second kappa shape index (κ2) is 8.11. The lowest BCUT2D eigenvalue weighted by molar-refractivity contribution is 0.0601. The third kappa shape index (κ3) is 3.80. The number of anilines is 1. The van der Waals surface area contributed by atoms with E-state index in [-0.39, 0.29) is 21.2 Å². The van der Waals surface area contributed by atoms with Crippen LogP contribution in [0, 0.1) is 0 Å². The summed E-state index contributed by atoms with van der Waals surface area (Å²) in [6.07, 6.45) is 0. The standard InChI is InChI=1S/C15H13Cl2NO4S2/c1-21-14(19)10-7(11(15(20)22-2)24-13(10)18)6-23-12-8(16)4-3-5-9(12)17/h3-5H,6,18H2,1-2H3. The van der Waals surface area contributed by atoms with E-state index in [2.05, 4.69) is 0 Å². The lowest BCUT2D eigenvalue weighted by Crippen LogP contribution is -2.08. The topological polar surface area (TPSA) is 78.6 Å². The zero-order valence-electron chi connectivity index (χ0n) is 12.7. The summed E-state index contributed by atoms with van der Waals surface area (Å²) in [7, 11) is 2.51. The Labute approximate surface area is 157 Å². The highest BCUT2D eigenvalue weighted by atomic mass is 35.5. The molecule has 0 aliphatic heterocycles. The molecule has 0 aliphatic carbocycles. The summed E-state index contributed by atoms with van der Waals surface area (Å²) in [6, 6.07) is 5.15. The van der Waals surface area contributed by atoms with Gasteiger partial charge in [0.25, 0.3) is 0 Å². The van der Waals surface area contributed by atoms with Crippen LogP contribution in [0.25, 0.3) is 0 Å². The number of hydrogen-bond donors (Lipinski definition) is 1. The Morgan fingerprint density at radius 1 is 1.17 bits per heavy atom. The van der Waals surface area contributed by atoms with Crippen molar-refractivity contribution in [3.8, 4) is 0 Å². The number of ether oxygens (including phenoxy) is 2. The number of rotatable bonds is 5. The van der Waals surface area contributed by atoms with Crippen LogP contribution in [0.2, 0.25) is 10.0 Å². The minimum Gasteiger partial charge on any atom is -0.465 e. The summed E-state index contributed by atoms with van der Waals surface area (Å²) in [4.78, 5) is 24.9. The van der Waals surface area contributed by atoms with Gasteiger partial charge in [0, 0.05) is 16.2 Å². The molecular weight excluding hydrogens is 393 g/mol. The molecule has 1 aromatic heterocycles. The molecule has 2 rings (SSSR count). The average molecular weight is 406 g/mol. The molecule has 0 saturated carbocycles. The van der Waals surface area contributed by atoms with E-state index in [1.807, 2.05) is 0 Å². The Bertz CT molecular complexity index is 772. The molecule has 2 aromatic rings. The molecule has 0 aliphatic rings. The van der Waals surface area contributed by atoms with Gasteiger partial charge in [0.15, 0.2) is 0 Å². The van der Waals surface area contributed by atoms with Gasteiger partial charge in [-0.25, -0.2) is 9.59 Å². The maximum absolute atomic E-state index is 12.0. The van der Waals surface area contributed by atoms with Gasteiger partial charge in [0.05, 0.1) is 29.8 Å². The molecule has 0 fully saturated rings. The lowest BCUT2D eigenvalue weighted by Gasteiger charge is -2.09. The molecule has 0 saturated heterocycles. The molecule has 1 aromatic carbocycles.